The van der Waals surface area contributed by atoms with Crippen molar-refractivity contribution >= 4 is 30.2 Å². The highest BCUT2D eigenvalue weighted by atomic mass is 35.5. The molecule has 0 aliphatic heterocycles. The lowest BCUT2D eigenvalue weighted by Crippen LogP contribution is -2.46. The van der Waals surface area contributed by atoms with Crippen molar-refractivity contribution in [2.75, 3.05) is 46.9 Å². The smallest absolute Gasteiger partial charge is 0.239 e. The Morgan fingerprint density at radius 3 is 2.34 bits per heavy atom. The molecule has 10 heteroatoms. The van der Waals surface area contributed by atoms with Gasteiger partial charge in [-0.1, -0.05) is 62.1 Å². The number of nitrogens with zero attached hydrogens (tertiary/aromatic N) is 1. The van der Waals surface area contributed by atoms with Crippen LogP contribution in [0.4, 0.5) is 4.39 Å². The van der Waals surface area contributed by atoms with Crippen LogP contribution < -0.4 is 20.7 Å². The Morgan fingerprint density at radius 2 is 1.78 bits per heavy atom. The molecule has 2 amide bonds. The highest BCUT2D eigenvalue weighted by molar-refractivity contribution is 6.30. The predicted octanol–water partition coefficient (Wildman–Crippen LogP) is 4.56. The molecular formula is C31H48ClFN4O4. The van der Waals surface area contributed by atoms with E-state index in [-0.39, 0.29) is 30.9 Å². The molecule has 2 rings (SSSR count). The summed E-state index contributed by atoms with van der Waals surface area (Å²) in [6, 6.07) is 11.8. The highest BCUT2D eigenvalue weighted by Gasteiger charge is 2.20. The van der Waals surface area contributed by atoms with Gasteiger partial charge in [0.15, 0.2) is 0 Å². The number of likely N-dealkylation sites (N-methyl/N-ethyl adjacent to an activating group) is 1. The molecule has 230 valence electrons. The number of carbonyl (C=O) groups excluding carboxylic acids is 3. The molecule has 0 spiro atoms. The van der Waals surface area contributed by atoms with E-state index in [0.29, 0.717) is 44.4 Å². The standard InChI is InChI=1S/C21H32FN3O4.C7H7Cl.C3H9N/c1-3-4-7-19(21(28)25(2)12-13-26)24-11-14-29-20-15-18(22)9-8-17(20)6-5-10-23-16-27;1-6-2-4-7(8)5-3-6;1-3-4-2/h8-9,13,15-16,19,24H,3-7,10-12,14H2,1-2H3,(H,23,27);2-5H,1H3;4H,3H2,1-2H3/t19-;;/m0../s1. The van der Waals surface area contributed by atoms with E-state index in [1.807, 2.05) is 38.2 Å². The van der Waals surface area contributed by atoms with Gasteiger partial charge in [0.2, 0.25) is 12.3 Å². The number of nitrogens with one attached hydrogen (secondary N) is 3. The molecule has 2 aromatic carbocycles. The number of aldehydes is 1. The zero-order valence-electron chi connectivity index (χ0n) is 25.2. The summed E-state index contributed by atoms with van der Waals surface area (Å²) in [4.78, 5) is 34.8. The topological polar surface area (TPSA) is 99.8 Å². The van der Waals surface area contributed by atoms with Crippen molar-refractivity contribution in [2.45, 2.75) is 58.9 Å². The van der Waals surface area contributed by atoms with E-state index in [2.05, 4.69) is 29.8 Å². The molecular weight excluding hydrogens is 547 g/mol. The monoisotopic (exact) mass is 594 g/mol. The molecule has 0 radical (unpaired) electrons. The summed E-state index contributed by atoms with van der Waals surface area (Å²) < 4.78 is 19.3. The fourth-order valence-corrected chi connectivity index (χ4v) is 3.55. The van der Waals surface area contributed by atoms with Gasteiger partial charge < -0.3 is 30.4 Å². The molecule has 0 heterocycles. The largest absolute Gasteiger partial charge is 0.492 e. The number of hydrogen-bond donors (Lipinski definition) is 3. The number of benzene rings is 2. The number of hydrogen-bond acceptors (Lipinski definition) is 6. The first-order valence-corrected chi connectivity index (χ1v) is 14.5. The number of rotatable bonds is 17. The highest BCUT2D eigenvalue weighted by Crippen LogP contribution is 2.21. The summed E-state index contributed by atoms with van der Waals surface area (Å²) in [5, 5.41) is 9.51. The SMILES string of the molecule is CCCC[C@H](NCCOc1cc(F)ccc1CCCNC=O)C(=O)N(C)CC=O.CCNC.Cc1ccc(Cl)cc1. The summed E-state index contributed by atoms with van der Waals surface area (Å²) in [6.07, 6.45) is 5.25. The minimum atomic E-state index is -0.384. The molecule has 8 nitrogen and oxygen atoms in total. The third-order valence-electron chi connectivity index (χ3n) is 5.86. The van der Waals surface area contributed by atoms with Gasteiger partial charge in [-0.2, -0.15) is 0 Å². The first-order chi connectivity index (χ1) is 19.7. The molecule has 3 N–H and O–H groups in total. The third-order valence-corrected chi connectivity index (χ3v) is 6.12. The van der Waals surface area contributed by atoms with Crippen LogP contribution in [0.5, 0.6) is 5.75 Å². The molecule has 0 saturated heterocycles. The van der Waals surface area contributed by atoms with Gasteiger partial charge in [0.1, 0.15) is 24.5 Å². The Hall–Kier alpha value is -3.01. The van der Waals surface area contributed by atoms with Crippen LogP contribution in [0.15, 0.2) is 42.5 Å². The molecule has 0 fully saturated rings. The molecule has 0 unspecified atom stereocenters. The second-order valence-corrected chi connectivity index (χ2v) is 9.75. The Balaban J connectivity index is 0.00000110. The summed E-state index contributed by atoms with van der Waals surface area (Å²) >= 11 is 5.61. The summed E-state index contributed by atoms with van der Waals surface area (Å²) in [7, 11) is 3.53. The van der Waals surface area contributed by atoms with Crippen LogP contribution in [0.3, 0.4) is 0 Å². The van der Waals surface area contributed by atoms with Crippen molar-refractivity contribution < 1.29 is 23.5 Å². The normalized spacial score (nSPS) is 10.7. The van der Waals surface area contributed by atoms with Gasteiger partial charge in [-0.05, 0) is 63.5 Å². The van der Waals surface area contributed by atoms with Gasteiger partial charge in [-0.25, -0.2) is 4.39 Å². The molecule has 0 aromatic heterocycles. The van der Waals surface area contributed by atoms with E-state index in [4.69, 9.17) is 16.3 Å². The van der Waals surface area contributed by atoms with Gasteiger partial charge in [0.25, 0.3) is 0 Å². The van der Waals surface area contributed by atoms with Crippen molar-refractivity contribution in [1.82, 2.24) is 20.9 Å². The first kappa shape index (κ1) is 38.0. The summed E-state index contributed by atoms with van der Waals surface area (Å²) in [6.45, 7) is 8.52. The second kappa shape index (κ2) is 24.8. The zero-order valence-corrected chi connectivity index (χ0v) is 25.9. The van der Waals surface area contributed by atoms with E-state index < -0.39 is 0 Å². The average molecular weight is 595 g/mol. The lowest BCUT2D eigenvalue weighted by atomic mass is 10.1. The second-order valence-electron chi connectivity index (χ2n) is 9.31. The lowest BCUT2D eigenvalue weighted by molar-refractivity contribution is -0.134. The maximum Gasteiger partial charge on any atom is 0.239 e. The van der Waals surface area contributed by atoms with E-state index in [9.17, 15) is 18.8 Å². The van der Waals surface area contributed by atoms with E-state index in [0.717, 1.165) is 36.4 Å². The number of carbonyl (C=O) groups is 3. The van der Waals surface area contributed by atoms with E-state index >= 15 is 0 Å². The maximum absolute atomic E-state index is 13.6. The molecule has 0 aliphatic carbocycles. The minimum Gasteiger partial charge on any atom is -0.492 e. The van der Waals surface area contributed by atoms with Crippen LogP contribution in [0.2, 0.25) is 5.02 Å². The van der Waals surface area contributed by atoms with Crippen molar-refractivity contribution in [3.05, 3.63) is 64.4 Å². The average Bonchev–Trinajstić information content (AvgIpc) is 2.97. The molecule has 0 saturated carbocycles. The van der Waals surface area contributed by atoms with Crippen LogP contribution >= 0.6 is 11.6 Å². The van der Waals surface area contributed by atoms with Gasteiger partial charge >= 0.3 is 0 Å². The Kier molecular flexibility index (Phi) is 22.9. The van der Waals surface area contributed by atoms with Crippen molar-refractivity contribution in [1.29, 1.82) is 0 Å². The van der Waals surface area contributed by atoms with Crippen LogP contribution in [0.1, 0.15) is 50.7 Å². The summed E-state index contributed by atoms with van der Waals surface area (Å²) in [5.74, 6) is -0.0405. The number of amides is 2. The van der Waals surface area contributed by atoms with Gasteiger partial charge in [-0.3, -0.25) is 9.59 Å². The fraction of sp³-hybridized carbons (Fsp3) is 0.516. The number of halogens is 2. The molecule has 41 heavy (non-hydrogen) atoms. The molecule has 0 aliphatic rings. The molecule has 2 aromatic rings. The Morgan fingerprint density at radius 1 is 1.10 bits per heavy atom. The predicted molar refractivity (Wildman–Crippen MR) is 165 cm³/mol. The number of aryl methyl sites for hydroxylation is 2. The third kappa shape index (κ3) is 18.9. The Bertz CT molecular complexity index is 956. The maximum atomic E-state index is 13.6. The summed E-state index contributed by atoms with van der Waals surface area (Å²) in [5.41, 5.74) is 2.11. The molecule has 0 bridgehead atoms. The lowest BCUT2D eigenvalue weighted by Gasteiger charge is -2.23. The van der Waals surface area contributed by atoms with Crippen molar-refractivity contribution in [2.24, 2.45) is 0 Å². The molecule has 1 atom stereocenters. The van der Waals surface area contributed by atoms with Gasteiger partial charge in [-0.15, -0.1) is 0 Å². The van der Waals surface area contributed by atoms with Crippen LogP contribution in [-0.2, 0) is 20.8 Å². The van der Waals surface area contributed by atoms with Crippen LogP contribution in [0.25, 0.3) is 0 Å². The number of ether oxygens (including phenoxy) is 1. The first-order valence-electron chi connectivity index (χ1n) is 14.1. The van der Waals surface area contributed by atoms with E-state index in [1.165, 1.54) is 22.6 Å². The van der Waals surface area contributed by atoms with Crippen molar-refractivity contribution in [3.63, 3.8) is 0 Å². The Labute approximate surface area is 250 Å². The van der Waals surface area contributed by atoms with Crippen LogP contribution in [0, 0.1) is 12.7 Å². The fourth-order valence-electron chi connectivity index (χ4n) is 3.43. The quantitative estimate of drug-likeness (QED) is 0.183. The van der Waals surface area contributed by atoms with E-state index in [1.54, 1.807) is 13.1 Å². The minimum absolute atomic E-state index is 0.0608. The number of unbranched alkanes of at least 4 members (excludes halogenated alkanes) is 1. The van der Waals surface area contributed by atoms with Crippen LogP contribution in [-0.4, -0.2) is 76.4 Å². The zero-order chi connectivity index (χ0) is 30.9. The van der Waals surface area contributed by atoms with Crippen molar-refractivity contribution in [3.8, 4) is 5.75 Å². The van der Waals surface area contributed by atoms with Gasteiger partial charge in [0.05, 0.1) is 12.6 Å². The van der Waals surface area contributed by atoms with Gasteiger partial charge in [0, 0.05) is 31.2 Å².